The van der Waals surface area contributed by atoms with Gasteiger partial charge in [0.2, 0.25) is 11.9 Å². The van der Waals surface area contributed by atoms with Crippen LogP contribution >= 0.6 is 0 Å². The number of hydrogen-bond acceptors (Lipinski definition) is 7. The summed E-state index contributed by atoms with van der Waals surface area (Å²) >= 11 is 0. The molecular weight excluding hydrogens is 392 g/mol. The van der Waals surface area contributed by atoms with Gasteiger partial charge in [-0.2, -0.15) is 33.9 Å². The van der Waals surface area contributed by atoms with Gasteiger partial charge in [-0.25, -0.2) is 4.68 Å². The number of alkyl halides is 2. The first-order valence-electron chi connectivity index (χ1n) is 9.49. The van der Waals surface area contributed by atoms with Gasteiger partial charge in [0, 0.05) is 24.2 Å². The first-order valence-corrected chi connectivity index (χ1v) is 9.49. The number of fused-ring (bicyclic) bond motifs is 1. The lowest BCUT2D eigenvalue weighted by Crippen LogP contribution is -2.43. The van der Waals surface area contributed by atoms with Crippen molar-refractivity contribution < 1.29 is 8.78 Å². The number of anilines is 2. The summed E-state index contributed by atoms with van der Waals surface area (Å²) in [5.41, 5.74) is 7.58. The number of nitrogen functional groups attached to an aromatic ring is 1. The third-order valence-corrected chi connectivity index (χ3v) is 5.52. The predicted molar refractivity (Wildman–Crippen MR) is 107 cm³/mol. The molecule has 1 aliphatic rings. The van der Waals surface area contributed by atoms with E-state index in [1.807, 2.05) is 25.2 Å². The van der Waals surface area contributed by atoms with E-state index in [4.69, 9.17) is 5.73 Å². The minimum atomic E-state index is -2.68. The molecule has 4 aromatic rings. The molecule has 1 fully saturated rings. The van der Waals surface area contributed by atoms with Crippen molar-refractivity contribution in [3.05, 3.63) is 42.4 Å². The highest BCUT2D eigenvalue weighted by molar-refractivity contribution is 5.83. The van der Waals surface area contributed by atoms with Gasteiger partial charge >= 0.3 is 6.55 Å². The molecule has 3 aromatic heterocycles. The first kappa shape index (κ1) is 18.4. The summed E-state index contributed by atoms with van der Waals surface area (Å²) in [6.45, 7) is -2.68. The Hall–Kier alpha value is -3.63. The maximum Gasteiger partial charge on any atom is 0.333 e. The average Bonchev–Trinajstić information content (AvgIpc) is 3.32. The van der Waals surface area contributed by atoms with Crippen LogP contribution in [0.25, 0.3) is 22.3 Å². The second-order valence-corrected chi connectivity index (χ2v) is 7.40. The number of benzene rings is 1. The molecule has 1 aliphatic carbocycles. The van der Waals surface area contributed by atoms with Crippen LogP contribution in [0.4, 0.5) is 20.7 Å². The molecule has 3 heterocycles. The average molecular weight is 411 g/mol. The molecule has 0 spiro atoms. The van der Waals surface area contributed by atoms with Crippen LogP contribution in [0.2, 0.25) is 0 Å². The van der Waals surface area contributed by atoms with Gasteiger partial charge in [0.25, 0.3) is 0 Å². The molecule has 5 rings (SSSR count). The van der Waals surface area contributed by atoms with Crippen molar-refractivity contribution in [3.63, 3.8) is 0 Å². The van der Waals surface area contributed by atoms with E-state index in [-0.39, 0.29) is 11.9 Å². The van der Waals surface area contributed by atoms with E-state index in [1.165, 1.54) is 6.20 Å². The Kier molecular flexibility index (Phi) is 4.12. The number of aromatic nitrogens is 7. The van der Waals surface area contributed by atoms with E-state index < -0.39 is 12.1 Å². The minimum absolute atomic E-state index is 0.0696. The molecule has 0 amide bonds. The molecule has 0 bridgehead atoms. The summed E-state index contributed by atoms with van der Waals surface area (Å²) in [4.78, 5) is 13.0. The van der Waals surface area contributed by atoms with Gasteiger partial charge in [0.05, 0.1) is 22.9 Å². The maximum atomic E-state index is 13.0. The third kappa shape index (κ3) is 3.02. The second kappa shape index (κ2) is 6.71. The van der Waals surface area contributed by atoms with Gasteiger partial charge in [-0.3, -0.25) is 4.68 Å². The van der Waals surface area contributed by atoms with Crippen molar-refractivity contribution in [3.8, 4) is 11.4 Å². The Balaban J connectivity index is 1.50. The van der Waals surface area contributed by atoms with E-state index in [0.29, 0.717) is 16.2 Å². The van der Waals surface area contributed by atoms with E-state index >= 15 is 0 Å². The molecule has 1 saturated carbocycles. The van der Waals surface area contributed by atoms with Gasteiger partial charge in [0.15, 0.2) is 5.82 Å². The lowest BCUT2D eigenvalue weighted by Gasteiger charge is -2.41. The molecule has 11 heteroatoms. The van der Waals surface area contributed by atoms with Crippen molar-refractivity contribution in [2.75, 3.05) is 11.1 Å². The molecule has 0 unspecified atom stereocenters. The molecule has 3 N–H and O–H groups in total. The molecule has 30 heavy (non-hydrogen) atoms. The normalized spacial score (nSPS) is 15.5. The summed E-state index contributed by atoms with van der Waals surface area (Å²) in [6, 6.07) is 7.37. The number of nitrogens with two attached hydrogens (primary N) is 1. The summed E-state index contributed by atoms with van der Waals surface area (Å²) in [6.07, 6.45) is 5.47. The molecule has 0 aliphatic heterocycles. The van der Waals surface area contributed by atoms with Gasteiger partial charge < -0.3 is 11.1 Å². The molecule has 0 radical (unpaired) electrons. The van der Waals surface area contributed by atoms with Gasteiger partial charge in [-0.05, 0) is 31.4 Å². The van der Waals surface area contributed by atoms with Crippen LogP contribution in [0.5, 0.6) is 0 Å². The highest BCUT2D eigenvalue weighted by Gasteiger charge is 2.42. The SMILES string of the molecule is Cn1ncc2ccc(-c3nc(N)nc(NC4(c5ccn(C(F)F)n5)CCC4)n3)cc21. The zero-order chi connectivity index (χ0) is 20.9. The largest absolute Gasteiger partial charge is 0.368 e. The van der Waals surface area contributed by atoms with E-state index in [0.717, 1.165) is 35.7 Å². The van der Waals surface area contributed by atoms with Crippen molar-refractivity contribution in [1.82, 2.24) is 34.5 Å². The Morgan fingerprint density at radius 2 is 2.00 bits per heavy atom. The highest BCUT2D eigenvalue weighted by Crippen LogP contribution is 2.43. The van der Waals surface area contributed by atoms with Gasteiger partial charge in [-0.15, -0.1) is 0 Å². The Morgan fingerprint density at radius 3 is 2.70 bits per heavy atom. The third-order valence-electron chi connectivity index (χ3n) is 5.52. The maximum absolute atomic E-state index is 13.0. The van der Waals surface area contributed by atoms with Crippen LogP contribution in [0, 0.1) is 0 Å². The fourth-order valence-corrected chi connectivity index (χ4v) is 3.75. The van der Waals surface area contributed by atoms with Crippen LogP contribution in [-0.2, 0) is 12.6 Å². The lowest BCUT2D eigenvalue weighted by molar-refractivity contribution is 0.0552. The van der Waals surface area contributed by atoms with Crippen molar-refractivity contribution >= 4 is 22.8 Å². The Labute approximate surface area is 170 Å². The highest BCUT2D eigenvalue weighted by atomic mass is 19.3. The second-order valence-electron chi connectivity index (χ2n) is 7.40. The molecule has 9 nitrogen and oxygen atoms in total. The summed E-state index contributed by atoms with van der Waals surface area (Å²) in [5.74, 6) is 0.773. The lowest BCUT2D eigenvalue weighted by atomic mass is 9.74. The van der Waals surface area contributed by atoms with Crippen molar-refractivity contribution in [2.45, 2.75) is 31.4 Å². The van der Waals surface area contributed by atoms with Crippen molar-refractivity contribution in [2.24, 2.45) is 7.05 Å². The molecule has 154 valence electrons. The number of nitrogens with zero attached hydrogens (tertiary/aromatic N) is 7. The monoisotopic (exact) mass is 411 g/mol. The quantitative estimate of drug-likeness (QED) is 0.519. The zero-order valence-corrected chi connectivity index (χ0v) is 16.1. The zero-order valence-electron chi connectivity index (χ0n) is 16.1. The molecule has 0 atom stereocenters. The van der Waals surface area contributed by atoms with E-state index in [9.17, 15) is 8.78 Å². The number of rotatable bonds is 5. The molecule has 0 saturated heterocycles. The van der Waals surface area contributed by atoms with Crippen LogP contribution < -0.4 is 11.1 Å². The minimum Gasteiger partial charge on any atom is -0.368 e. The number of hydrogen-bond donors (Lipinski definition) is 2. The fraction of sp³-hybridized carbons (Fsp3) is 0.316. The topological polar surface area (TPSA) is 112 Å². The summed E-state index contributed by atoms with van der Waals surface area (Å²) in [5, 5.41) is 12.6. The fourth-order valence-electron chi connectivity index (χ4n) is 3.75. The summed E-state index contributed by atoms with van der Waals surface area (Å²) in [7, 11) is 1.86. The van der Waals surface area contributed by atoms with Crippen LogP contribution in [0.1, 0.15) is 31.5 Å². The molecule has 1 aromatic carbocycles. The number of nitrogens with one attached hydrogen (secondary N) is 1. The first-order chi connectivity index (χ1) is 14.4. The van der Waals surface area contributed by atoms with Gasteiger partial charge in [0.1, 0.15) is 0 Å². The summed E-state index contributed by atoms with van der Waals surface area (Å²) < 4.78 is 28.3. The van der Waals surface area contributed by atoms with Gasteiger partial charge in [-0.1, -0.05) is 12.1 Å². The smallest absolute Gasteiger partial charge is 0.333 e. The standard InChI is InChI=1S/C19H19F2N9/c1-29-13-9-11(3-4-12(13)10-23-29)15-24-17(22)26-18(25-15)27-19(6-2-7-19)14-5-8-30(28-14)16(20)21/h3-5,8-10,16H,2,6-7H2,1H3,(H3,22,24,25,26,27). The van der Waals surface area contributed by atoms with Crippen LogP contribution in [0.3, 0.4) is 0 Å². The number of aryl methyl sites for hydroxylation is 1. The van der Waals surface area contributed by atoms with Crippen molar-refractivity contribution in [1.29, 1.82) is 0 Å². The predicted octanol–water partition coefficient (Wildman–Crippen LogP) is 3.09. The molecular formula is C19H19F2N9. The Morgan fingerprint density at radius 1 is 1.17 bits per heavy atom. The Bertz CT molecular complexity index is 1230. The number of halogens is 2. The van der Waals surface area contributed by atoms with E-state index in [1.54, 1.807) is 16.9 Å². The van der Waals surface area contributed by atoms with Crippen LogP contribution in [0.15, 0.2) is 36.7 Å². The van der Waals surface area contributed by atoms with Crippen LogP contribution in [-0.4, -0.2) is 34.5 Å². The van der Waals surface area contributed by atoms with E-state index in [2.05, 4.69) is 30.5 Å².